The second-order valence-electron chi connectivity index (χ2n) is 5.95. The van der Waals surface area contributed by atoms with Crippen LogP contribution in [0.5, 0.6) is 5.75 Å². The van der Waals surface area contributed by atoms with E-state index >= 15 is 0 Å². The number of fused-ring (bicyclic) bond motifs is 1. The number of amides is 1. The SMILES string of the molecule is COc1ccc(CN2C(=O)OC(CO)(C(F)(F)F)c3cc(Br)ccc32)cc1. The Labute approximate surface area is 161 Å². The zero-order valence-electron chi connectivity index (χ0n) is 14.1. The van der Waals surface area contributed by atoms with Crippen molar-refractivity contribution in [1.82, 2.24) is 0 Å². The van der Waals surface area contributed by atoms with Crippen molar-refractivity contribution in [3.05, 3.63) is 58.1 Å². The molecule has 0 radical (unpaired) electrons. The van der Waals surface area contributed by atoms with E-state index in [4.69, 9.17) is 9.47 Å². The van der Waals surface area contributed by atoms with E-state index in [1.807, 2.05) is 0 Å². The number of methoxy groups -OCH3 is 1. The number of aliphatic hydroxyl groups excluding tert-OH is 1. The van der Waals surface area contributed by atoms with E-state index in [-0.39, 0.29) is 17.8 Å². The lowest BCUT2D eigenvalue weighted by Gasteiger charge is -2.42. The summed E-state index contributed by atoms with van der Waals surface area (Å²) in [7, 11) is 1.51. The van der Waals surface area contributed by atoms with Crippen molar-refractivity contribution in [1.29, 1.82) is 0 Å². The number of benzene rings is 2. The maximum absolute atomic E-state index is 13.7. The van der Waals surface area contributed by atoms with E-state index in [9.17, 15) is 23.1 Å². The number of ether oxygens (including phenoxy) is 2. The van der Waals surface area contributed by atoms with Crippen molar-refractivity contribution < 1.29 is 32.5 Å². The standard InChI is InChI=1S/C18H15BrF3NO4/c1-26-13-5-2-11(3-6-13)9-23-15-7-4-12(19)8-14(15)17(10-24,18(20,21)22)27-16(23)25/h2-8,24H,9-10H2,1H3. The Morgan fingerprint density at radius 1 is 1.22 bits per heavy atom. The van der Waals surface area contributed by atoms with Gasteiger partial charge < -0.3 is 14.6 Å². The molecule has 2 aromatic carbocycles. The van der Waals surface area contributed by atoms with Crippen LogP contribution in [0.25, 0.3) is 0 Å². The Bertz CT molecular complexity index is 857. The molecule has 1 atom stereocenters. The monoisotopic (exact) mass is 445 g/mol. The Morgan fingerprint density at radius 2 is 1.89 bits per heavy atom. The summed E-state index contributed by atoms with van der Waals surface area (Å²) >= 11 is 3.13. The average molecular weight is 446 g/mol. The predicted molar refractivity (Wildman–Crippen MR) is 94.6 cm³/mol. The van der Waals surface area contributed by atoms with Gasteiger partial charge >= 0.3 is 12.3 Å². The summed E-state index contributed by atoms with van der Waals surface area (Å²) < 4.78 is 51.4. The Morgan fingerprint density at radius 3 is 2.44 bits per heavy atom. The van der Waals surface area contributed by atoms with Gasteiger partial charge in [-0.15, -0.1) is 0 Å². The first-order chi connectivity index (χ1) is 12.7. The first kappa shape index (κ1) is 19.5. The summed E-state index contributed by atoms with van der Waals surface area (Å²) in [6.07, 6.45) is -6.17. The third kappa shape index (κ3) is 3.37. The summed E-state index contributed by atoms with van der Waals surface area (Å²) in [6.45, 7) is -1.42. The number of alkyl halides is 3. The maximum atomic E-state index is 13.7. The predicted octanol–water partition coefficient (Wildman–Crippen LogP) is 4.36. The molecule has 27 heavy (non-hydrogen) atoms. The van der Waals surface area contributed by atoms with Crippen LogP contribution >= 0.6 is 15.9 Å². The van der Waals surface area contributed by atoms with Crippen LogP contribution in [0.1, 0.15) is 11.1 Å². The maximum Gasteiger partial charge on any atom is 0.435 e. The van der Waals surface area contributed by atoms with Gasteiger partial charge in [-0.2, -0.15) is 13.2 Å². The zero-order chi connectivity index (χ0) is 19.8. The van der Waals surface area contributed by atoms with Gasteiger partial charge in [0.25, 0.3) is 5.60 Å². The molecule has 1 heterocycles. The molecule has 1 aliphatic heterocycles. The summed E-state index contributed by atoms with van der Waals surface area (Å²) in [5, 5.41) is 9.52. The van der Waals surface area contributed by atoms with Crippen LogP contribution in [0.2, 0.25) is 0 Å². The highest BCUT2D eigenvalue weighted by Gasteiger charge is 2.63. The van der Waals surface area contributed by atoms with Crippen LogP contribution in [0.3, 0.4) is 0 Å². The molecule has 144 valence electrons. The van der Waals surface area contributed by atoms with Crippen LogP contribution in [-0.2, 0) is 16.9 Å². The van der Waals surface area contributed by atoms with Crippen molar-refractivity contribution in [2.45, 2.75) is 18.3 Å². The molecule has 1 unspecified atom stereocenters. The number of hydrogen-bond donors (Lipinski definition) is 1. The summed E-state index contributed by atoms with van der Waals surface area (Å²) in [4.78, 5) is 13.5. The third-order valence-electron chi connectivity index (χ3n) is 4.35. The van der Waals surface area contributed by atoms with Crippen molar-refractivity contribution in [3.8, 4) is 5.75 Å². The number of carbonyl (C=O) groups is 1. The molecular weight excluding hydrogens is 431 g/mol. The normalized spacial score (nSPS) is 19.5. The minimum atomic E-state index is -4.99. The number of cyclic esters (lactones) is 1. The van der Waals surface area contributed by atoms with Crippen LogP contribution < -0.4 is 9.64 Å². The highest BCUT2D eigenvalue weighted by atomic mass is 79.9. The second-order valence-corrected chi connectivity index (χ2v) is 6.86. The van der Waals surface area contributed by atoms with Crippen molar-refractivity contribution >= 4 is 27.7 Å². The molecule has 0 bridgehead atoms. The molecule has 1 N–H and O–H groups in total. The lowest BCUT2D eigenvalue weighted by Crippen LogP contribution is -2.55. The Balaban J connectivity index is 2.07. The van der Waals surface area contributed by atoms with Gasteiger partial charge in [-0.05, 0) is 35.9 Å². The van der Waals surface area contributed by atoms with Gasteiger partial charge in [-0.25, -0.2) is 4.79 Å². The van der Waals surface area contributed by atoms with Crippen molar-refractivity contribution in [2.75, 3.05) is 18.6 Å². The molecule has 0 aromatic heterocycles. The van der Waals surface area contributed by atoms with E-state index in [0.29, 0.717) is 15.8 Å². The van der Waals surface area contributed by atoms with Gasteiger partial charge in [0.1, 0.15) is 5.75 Å². The minimum Gasteiger partial charge on any atom is -0.497 e. The molecule has 0 spiro atoms. The zero-order valence-corrected chi connectivity index (χ0v) is 15.7. The molecule has 0 saturated heterocycles. The van der Waals surface area contributed by atoms with Crippen molar-refractivity contribution in [2.24, 2.45) is 0 Å². The van der Waals surface area contributed by atoms with Gasteiger partial charge in [0.2, 0.25) is 0 Å². The number of rotatable bonds is 4. The molecule has 1 amide bonds. The molecule has 0 fully saturated rings. The van der Waals surface area contributed by atoms with E-state index in [0.717, 1.165) is 4.90 Å². The molecular formula is C18H15BrF3NO4. The lowest BCUT2D eigenvalue weighted by molar-refractivity contribution is -0.276. The number of aliphatic hydroxyl groups is 1. The fourth-order valence-electron chi connectivity index (χ4n) is 2.91. The van der Waals surface area contributed by atoms with Gasteiger partial charge in [-0.3, -0.25) is 4.90 Å². The van der Waals surface area contributed by atoms with Gasteiger partial charge in [0.05, 0.1) is 25.9 Å². The van der Waals surface area contributed by atoms with Crippen LogP contribution in [0, 0.1) is 0 Å². The number of anilines is 1. The highest BCUT2D eigenvalue weighted by Crippen LogP contribution is 2.49. The van der Waals surface area contributed by atoms with E-state index in [2.05, 4.69) is 15.9 Å². The average Bonchev–Trinajstić information content (AvgIpc) is 2.63. The van der Waals surface area contributed by atoms with Crippen molar-refractivity contribution in [3.63, 3.8) is 0 Å². The van der Waals surface area contributed by atoms with Gasteiger partial charge in [0, 0.05) is 10.0 Å². The summed E-state index contributed by atoms with van der Waals surface area (Å²) in [6, 6.07) is 10.9. The molecule has 0 aliphatic carbocycles. The molecule has 5 nitrogen and oxygen atoms in total. The summed E-state index contributed by atoms with van der Waals surface area (Å²) in [5.41, 5.74) is -2.75. The van der Waals surface area contributed by atoms with E-state index < -0.39 is 24.5 Å². The number of carbonyl (C=O) groups excluding carboxylic acids is 1. The first-order valence-electron chi connectivity index (χ1n) is 7.83. The quantitative estimate of drug-likeness (QED) is 0.759. The van der Waals surface area contributed by atoms with Crippen LogP contribution in [0.15, 0.2) is 46.9 Å². The lowest BCUT2D eigenvalue weighted by atomic mass is 9.90. The van der Waals surface area contributed by atoms with E-state index in [1.54, 1.807) is 24.3 Å². The minimum absolute atomic E-state index is 0.00315. The second kappa shape index (κ2) is 7.05. The van der Waals surface area contributed by atoms with Gasteiger partial charge in [0.15, 0.2) is 0 Å². The molecule has 0 saturated carbocycles. The van der Waals surface area contributed by atoms with E-state index in [1.165, 1.54) is 25.3 Å². The number of halogens is 4. The molecule has 2 aromatic rings. The van der Waals surface area contributed by atoms with Crippen LogP contribution in [0.4, 0.5) is 23.7 Å². The topological polar surface area (TPSA) is 59.0 Å². The smallest absolute Gasteiger partial charge is 0.435 e. The molecule has 9 heteroatoms. The Hall–Kier alpha value is -2.26. The number of nitrogens with zero attached hydrogens (tertiary/aromatic N) is 1. The van der Waals surface area contributed by atoms with Gasteiger partial charge in [-0.1, -0.05) is 28.1 Å². The highest BCUT2D eigenvalue weighted by molar-refractivity contribution is 9.10. The largest absolute Gasteiger partial charge is 0.497 e. The number of hydrogen-bond acceptors (Lipinski definition) is 4. The third-order valence-corrected chi connectivity index (χ3v) is 4.84. The first-order valence-corrected chi connectivity index (χ1v) is 8.62. The Kier molecular flexibility index (Phi) is 5.09. The molecule has 1 aliphatic rings. The fraction of sp³-hybridized carbons (Fsp3) is 0.278. The summed E-state index contributed by atoms with van der Waals surface area (Å²) in [5.74, 6) is 0.612. The van der Waals surface area contributed by atoms with Crippen LogP contribution in [-0.4, -0.2) is 31.1 Å². The fourth-order valence-corrected chi connectivity index (χ4v) is 3.27. The molecule has 3 rings (SSSR count).